The number of hydrogen-bond donors (Lipinski definition) is 1. The SMILES string of the molecule is CCc1ccc([C@H](C)NC(=O)C2CCN(Cc3cccc(C)c3)CC2)cc1. The summed E-state index contributed by atoms with van der Waals surface area (Å²) in [6, 6.07) is 17.3. The largest absolute Gasteiger partial charge is 0.349 e. The summed E-state index contributed by atoms with van der Waals surface area (Å²) >= 11 is 0. The highest BCUT2D eigenvalue weighted by Crippen LogP contribution is 2.21. The first-order valence-electron chi connectivity index (χ1n) is 10.2. The van der Waals surface area contributed by atoms with Gasteiger partial charge in [0, 0.05) is 12.5 Å². The molecule has 1 amide bonds. The van der Waals surface area contributed by atoms with E-state index < -0.39 is 0 Å². The summed E-state index contributed by atoms with van der Waals surface area (Å²) in [4.78, 5) is 15.1. The highest BCUT2D eigenvalue weighted by molar-refractivity contribution is 5.79. The number of carbonyl (C=O) groups excluding carboxylic acids is 1. The van der Waals surface area contributed by atoms with E-state index in [1.807, 2.05) is 0 Å². The van der Waals surface area contributed by atoms with Crippen molar-refractivity contribution in [3.05, 3.63) is 70.8 Å². The Balaban J connectivity index is 1.47. The van der Waals surface area contributed by atoms with E-state index in [-0.39, 0.29) is 17.9 Å². The second kappa shape index (κ2) is 9.18. The summed E-state index contributed by atoms with van der Waals surface area (Å²) in [7, 11) is 0. The molecule has 1 heterocycles. The van der Waals surface area contributed by atoms with Crippen LogP contribution in [0, 0.1) is 12.8 Å². The molecule has 2 aromatic carbocycles. The maximum absolute atomic E-state index is 12.7. The molecule has 0 radical (unpaired) electrons. The third-order valence-electron chi connectivity index (χ3n) is 5.69. The van der Waals surface area contributed by atoms with Gasteiger partial charge in [-0.25, -0.2) is 0 Å². The van der Waals surface area contributed by atoms with Crippen LogP contribution in [0.5, 0.6) is 0 Å². The van der Waals surface area contributed by atoms with Crippen molar-refractivity contribution in [2.75, 3.05) is 13.1 Å². The number of nitrogens with zero attached hydrogens (tertiary/aromatic N) is 1. The van der Waals surface area contributed by atoms with Crippen molar-refractivity contribution in [2.45, 2.75) is 52.6 Å². The van der Waals surface area contributed by atoms with Gasteiger partial charge in [0.25, 0.3) is 0 Å². The number of nitrogens with one attached hydrogen (secondary N) is 1. The number of benzene rings is 2. The molecule has 1 aliphatic rings. The predicted octanol–water partition coefficient (Wildman–Crippen LogP) is 4.65. The van der Waals surface area contributed by atoms with Crippen molar-refractivity contribution in [1.29, 1.82) is 0 Å². The maximum atomic E-state index is 12.7. The first-order valence-corrected chi connectivity index (χ1v) is 10.2. The number of likely N-dealkylation sites (tertiary alicyclic amines) is 1. The summed E-state index contributed by atoms with van der Waals surface area (Å²) in [6.07, 6.45) is 2.93. The molecular formula is C24H32N2O. The third-order valence-corrected chi connectivity index (χ3v) is 5.69. The molecule has 0 bridgehead atoms. The van der Waals surface area contributed by atoms with E-state index in [9.17, 15) is 4.79 Å². The fraction of sp³-hybridized carbons (Fsp3) is 0.458. The summed E-state index contributed by atoms with van der Waals surface area (Å²) in [5.41, 5.74) is 5.18. The molecule has 0 spiro atoms. The summed E-state index contributed by atoms with van der Waals surface area (Å²) in [6.45, 7) is 9.34. The van der Waals surface area contributed by atoms with Crippen LogP contribution in [-0.2, 0) is 17.8 Å². The quantitative estimate of drug-likeness (QED) is 0.809. The van der Waals surface area contributed by atoms with Gasteiger partial charge in [0.2, 0.25) is 5.91 Å². The van der Waals surface area contributed by atoms with Crippen molar-refractivity contribution >= 4 is 5.91 Å². The first-order chi connectivity index (χ1) is 13.0. The van der Waals surface area contributed by atoms with Crippen molar-refractivity contribution in [3.63, 3.8) is 0 Å². The second-order valence-electron chi connectivity index (χ2n) is 7.86. The summed E-state index contributed by atoms with van der Waals surface area (Å²) in [5.74, 6) is 0.341. The van der Waals surface area contributed by atoms with E-state index >= 15 is 0 Å². The Bertz CT molecular complexity index is 745. The van der Waals surface area contributed by atoms with Gasteiger partial charge in [-0.15, -0.1) is 0 Å². The van der Waals surface area contributed by atoms with Gasteiger partial charge < -0.3 is 5.32 Å². The molecule has 0 aliphatic carbocycles. The molecule has 2 aromatic rings. The Hall–Kier alpha value is -2.13. The lowest BCUT2D eigenvalue weighted by atomic mass is 9.94. The molecule has 0 saturated carbocycles. The van der Waals surface area contributed by atoms with Crippen LogP contribution in [-0.4, -0.2) is 23.9 Å². The predicted molar refractivity (Wildman–Crippen MR) is 112 cm³/mol. The summed E-state index contributed by atoms with van der Waals surface area (Å²) in [5, 5.41) is 3.22. The van der Waals surface area contributed by atoms with E-state index in [1.54, 1.807) is 0 Å². The number of hydrogen-bond acceptors (Lipinski definition) is 2. The number of carbonyl (C=O) groups is 1. The molecule has 1 aliphatic heterocycles. The van der Waals surface area contributed by atoms with Crippen molar-refractivity contribution < 1.29 is 4.79 Å². The van der Waals surface area contributed by atoms with Crippen molar-refractivity contribution in [2.24, 2.45) is 5.92 Å². The zero-order valence-corrected chi connectivity index (χ0v) is 16.9. The Labute approximate surface area is 163 Å². The number of amides is 1. The average molecular weight is 365 g/mol. The molecular weight excluding hydrogens is 332 g/mol. The molecule has 1 atom stereocenters. The van der Waals surface area contributed by atoms with E-state index in [4.69, 9.17) is 0 Å². The molecule has 3 rings (SSSR count). The molecule has 1 saturated heterocycles. The van der Waals surface area contributed by atoms with Gasteiger partial charge in [-0.05, 0) is 62.9 Å². The Morgan fingerprint density at radius 2 is 1.81 bits per heavy atom. The van der Waals surface area contributed by atoms with Crippen LogP contribution in [0.15, 0.2) is 48.5 Å². The normalized spacial score (nSPS) is 16.9. The standard InChI is InChI=1S/C24H32N2O/c1-4-20-8-10-22(11-9-20)19(3)25-24(27)23-12-14-26(15-13-23)17-21-7-5-6-18(2)16-21/h5-11,16,19,23H,4,12-15,17H2,1-3H3,(H,25,27)/t19-/m0/s1. The van der Waals surface area contributed by atoms with Gasteiger partial charge in [0.05, 0.1) is 6.04 Å². The van der Waals surface area contributed by atoms with Crippen LogP contribution >= 0.6 is 0 Å². The molecule has 1 N–H and O–H groups in total. The smallest absolute Gasteiger partial charge is 0.223 e. The van der Waals surface area contributed by atoms with Crippen LogP contribution in [0.2, 0.25) is 0 Å². The zero-order chi connectivity index (χ0) is 19.2. The van der Waals surface area contributed by atoms with E-state index in [0.717, 1.165) is 38.9 Å². The topological polar surface area (TPSA) is 32.3 Å². The minimum absolute atomic E-state index is 0.0636. The average Bonchev–Trinajstić information content (AvgIpc) is 2.68. The Kier molecular flexibility index (Phi) is 6.68. The van der Waals surface area contributed by atoms with Gasteiger partial charge in [0.1, 0.15) is 0 Å². The fourth-order valence-corrected chi connectivity index (χ4v) is 3.88. The maximum Gasteiger partial charge on any atom is 0.223 e. The zero-order valence-electron chi connectivity index (χ0n) is 16.9. The minimum atomic E-state index is 0.0636. The highest BCUT2D eigenvalue weighted by Gasteiger charge is 2.26. The molecule has 0 aromatic heterocycles. The van der Waals surface area contributed by atoms with Crippen molar-refractivity contribution in [3.8, 4) is 0 Å². The van der Waals surface area contributed by atoms with E-state index in [1.165, 1.54) is 22.3 Å². The van der Waals surface area contributed by atoms with Gasteiger partial charge >= 0.3 is 0 Å². The second-order valence-corrected chi connectivity index (χ2v) is 7.86. The molecule has 27 heavy (non-hydrogen) atoms. The van der Waals surface area contributed by atoms with Crippen LogP contribution in [0.1, 0.15) is 55.0 Å². The number of piperidine rings is 1. The number of rotatable bonds is 6. The van der Waals surface area contributed by atoms with Crippen LogP contribution in [0.25, 0.3) is 0 Å². The van der Waals surface area contributed by atoms with E-state index in [0.29, 0.717) is 0 Å². The lowest BCUT2D eigenvalue weighted by Crippen LogP contribution is -2.40. The van der Waals surface area contributed by atoms with E-state index in [2.05, 4.69) is 79.5 Å². The molecule has 3 nitrogen and oxygen atoms in total. The minimum Gasteiger partial charge on any atom is -0.349 e. The van der Waals surface area contributed by atoms with Crippen LogP contribution < -0.4 is 5.32 Å². The van der Waals surface area contributed by atoms with Gasteiger partial charge in [-0.2, -0.15) is 0 Å². The molecule has 144 valence electrons. The number of aryl methyl sites for hydroxylation is 2. The molecule has 3 heteroatoms. The highest BCUT2D eigenvalue weighted by atomic mass is 16.1. The molecule has 1 fully saturated rings. The monoisotopic (exact) mass is 364 g/mol. The lowest BCUT2D eigenvalue weighted by Gasteiger charge is -2.32. The van der Waals surface area contributed by atoms with Crippen LogP contribution in [0.3, 0.4) is 0 Å². The molecule has 0 unspecified atom stereocenters. The Morgan fingerprint density at radius 1 is 1.11 bits per heavy atom. The Morgan fingerprint density at radius 3 is 2.44 bits per heavy atom. The van der Waals surface area contributed by atoms with Crippen molar-refractivity contribution in [1.82, 2.24) is 10.2 Å². The van der Waals surface area contributed by atoms with Gasteiger partial charge in [-0.1, -0.05) is 61.0 Å². The van der Waals surface area contributed by atoms with Crippen LogP contribution in [0.4, 0.5) is 0 Å². The third kappa shape index (κ3) is 5.43. The lowest BCUT2D eigenvalue weighted by molar-refractivity contribution is -0.127. The van der Waals surface area contributed by atoms with Gasteiger partial charge in [0.15, 0.2) is 0 Å². The van der Waals surface area contributed by atoms with Gasteiger partial charge in [-0.3, -0.25) is 9.69 Å². The summed E-state index contributed by atoms with van der Waals surface area (Å²) < 4.78 is 0. The fourth-order valence-electron chi connectivity index (χ4n) is 3.88. The first kappa shape index (κ1) is 19.6.